The van der Waals surface area contributed by atoms with Crippen molar-refractivity contribution < 1.29 is 143 Å². The van der Waals surface area contributed by atoms with Gasteiger partial charge in [0.25, 0.3) is 0 Å². The number of hydrogen-bond acceptors (Lipinski definition) is 18. The summed E-state index contributed by atoms with van der Waals surface area (Å²) in [6, 6.07) is 0. The minimum atomic E-state index is -4.90. The number of alkyl halides is 13. The molecular formula is C95H159F13O18. The minimum absolute atomic E-state index is 0.0289. The Hall–Kier alpha value is -6.85. The molecule has 738 valence electrons. The van der Waals surface area contributed by atoms with Gasteiger partial charge in [0.2, 0.25) is 11.6 Å². The molecule has 0 rings (SSSR count). The molecule has 0 bridgehead atoms. The quantitative estimate of drug-likeness (QED) is 0.0427. The molecule has 0 saturated heterocycles. The Kier molecular flexibility index (Phi) is 63.1. The molecule has 0 aromatic rings. The van der Waals surface area contributed by atoms with E-state index >= 15 is 0 Å². The molecule has 18 nitrogen and oxygen atoms in total. The number of carbonyl (C=O) groups excluding carboxylic acids is 18. The first-order chi connectivity index (χ1) is 55.2. The number of hydrogen-bond donors (Lipinski definition) is 0. The molecule has 0 aliphatic heterocycles. The standard InChI is InChI=1S/2C12H19F3O2.2C12H22O2.C11H20O2.C10H17FO2.C10H18O2.2C8H11F3O2/c2*1-5-8(7-12(13,14)15)9(16)6-10(17)11(2,3)4;2*1-6-9(7-2)10(13)8-11(14)12(3,4)5;1-8(2)6-9(12)7-10(13)11(3,4)5;1-9(2,3)7(12)6-8(13)10(4,5)11;1-7(2)8(11)6-9(12)10(3,4)5;2*1-7(2,3)5(12)4-6(13)8(9,10)11/h2*8H,5-7H2,1-4H3;2*9H,6-8H2,1-5H3;8H,6-7H2,1-5H3;6H2,1-5H3;7H,6H2,1-5H3;2*4H2,1-3H3. The van der Waals surface area contributed by atoms with Crippen molar-refractivity contribution in [2.24, 2.45) is 84.2 Å². The van der Waals surface area contributed by atoms with E-state index in [9.17, 15) is 143 Å². The van der Waals surface area contributed by atoms with Crippen LogP contribution in [0, 0.1) is 84.2 Å². The summed E-state index contributed by atoms with van der Waals surface area (Å²) in [7, 11) is 0. The van der Waals surface area contributed by atoms with Crippen LogP contribution in [0.5, 0.6) is 0 Å². The van der Waals surface area contributed by atoms with Crippen LogP contribution in [0.15, 0.2) is 0 Å². The maximum absolute atomic E-state index is 13.0. The second-order valence-electron chi connectivity index (χ2n) is 41.9. The van der Waals surface area contributed by atoms with Gasteiger partial charge in [-0.25, -0.2) is 4.39 Å². The molecule has 0 fully saturated rings. The summed E-state index contributed by atoms with van der Waals surface area (Å²) in [5.41, 5.74) is -7.19. The van der Waals surface area contributed by atoms with Crippen molar-refractivity contribution in [1.82, 2.24) is 0 Å². The first-order valence-electron chi connectivity index (χ1n) is 42.7. The molecular weight excluding hydrogens is 1680 g/mol. The van der Waals surface area contributed by atoms with Gasteiger partial charge < -0.3 is 0 Å². The lowest BCUT2D eigenvalue weighted by molar-refractivity contribution is -0.172. The van der Waals surface area contributed by atoms with E-state index < -0.39 is 148 Å². The lowest BCUT2D eigenvalue weighted by Gasteiger charge is -2.19. The summed E-state index contributed by atoms with van der Waals surface area (Å²) in [6.45, 7) is 67.0. The molecule has 0 amide bonds. The molecule has 2 atom stereocenters. The second kappa shape index (κ2) is 58.0. The molecule has 0 aliphatic carbocycles. The van der Waals surface area contributed by atoms with Crippen LogP contribution in [-0.4, -0.2) is 134 Å². The largest absolute Gasteiger partial charge is 0.450 e. The normalized spacial score (nSPS) is 12.9. The Bertz CT molecular complexity index is 3190. The minimum Gasteiger partial charge on any atom is -0.299 e. The molecule has 0 saturated carbocycles. The maximum atomic E-state index is 13.0. The van der Waals surface area contributed by atoms with Gasteiger partial charge >= 0.3 is 24.7 Å². The van der Waals surface area contributed by atoms with Crippen LogP contribution in [0.2, 0.25) is 0 Å². The lowest BCUT2D eigenvalue weighted by Crippen LogP contribution is -2.32. The summed E-state index contributed by atoms with van der Waals surface area (Å²) >= 11 is 0. The molecule has 0 spiro atoms. The fourth-order valence-corrected chi connectivity index (χ4v) is 8.53. The molecule has 126 heavy (non-hydrogen) atoms. The van der Waals surface area contributed by atoms with Crippen LogP contribution in [-0.2, 0) is 86.3 Å². The summed E-state index contributed by atoms with van der Waals surface area (Å²) in [4.78, 5) is 203. The summed E-state index contributed by atoms with van der Waals surface area (Å²) < 4.78 is 156. The van der Waals surface area contributed by atoms with Crippen molar-refractivity contribution in [2.45, 2.75) is 416 Å². The second-order valence-corrected chi connectivity index (χ2v) is 41.9. The van der Waals surface area contributed by atoms with Gasteiger partial charge in [-0.1, -0.05) is 256 Å². The molecule has 0 aromatic heterocycles. The number of carbonyl (C=O) groups is 18. The molecule has 0 radical (unpaired) electrons. The highest BCUT2D eigenvalue weighted by Crippen LogP contribution is 2.33. The Morgan fingerprint density at radius 3 is 0.508 bits per heavy atom. The molecule has 0 N–H and O–H groups in total. The van der Waals surface area contributed by atoms with E-state index in [1.807, 2.05) is 138 Å². The number of rotatable bonds is 34. The van der Waals surface area contributed by atoms with Crippen LogP contribution in [0.1, 0.15) is 386 Å². The average Bonchev–Trinajstić information content (AvgIpc) is 0.896. The first kappa shape index (κ1) is 137. The van der Waals surface area contributed by atoms with Crippen LogP contribution < -0.4 is 0 Å². The summed E-state index contributed by atoms with van der Waals surface area (Å²) in [6.07, 6.45) is -19.6. The fraction of sp³-hybridized carbons (Fsp3) is 0.811. The van der Waals surface area contributed by atoms with Gasteiger partial charge in [0.15, 0.2) is 11.5 Å². The zero-order chi connectivity index (χ0) is 104. The zero-order valence-corrected chi connectivity index (χ0v) is 83.5. The van der Waals surface area contributed by atoms with E-state index in [-0.39, 0.29) is 148 Å². The number of halogens is 13. The van der Waals surface area contributed by atoms with Gasteiger partial charge in [0, 0.05) is 84.7 Å². The SMILES string of the molecule is CC(C)(C)C(=O)CC(=O)C(C)(C)F.CC(C)(C)C(=O)CC(=O)C(F)(F)F.CC(C)(C)C(=O)CC(=O)C(F)(F)F.CC(C)C(=O)CC(=O)C(C)(C)C.CC(C)CC(=O)CC(=O)C(C)(C)C.CCC(CC(F)(F)F)C(=O)CC(=O)C(C)(C)C.CCC(CC(F)(F)F)C(=O)CC(=O)C(C)(C)C.CCC(CC)C(=O)CC(=O)C(C)(C)C.CCC(CC)C(=O)CC(=O)C(C)(C)C. The van der Waals surface area contributed by atoms with Gasteiger partial charge in [-0.15, -0.1) is 0 Å². The molecule has 0 aliphatic rings. The highest BCUT2D eigenvalue weighted by atomic mass is 19.4. The molecule has 31 heteroatoms. The van der Waals surface area contributed by atoms with Crippen LogP contribution >= 0.6 is 0 Å². The van der Waals surface area contributed by atoms with Gasteiger partial charge in [0.05, 0.1) is 70.6 Å². The highest BCUT2D eigenvalue weighted by Gasteiger charge is 2.44. The zero-order valence-electron chi connectivity index (χ0n) is 83.5. The molecule has 2 unspecified atom stereocenters. The van der Waals surface area contributed by atoms with E-state index in [1.54, 1.807) is 62.3 Å². The van der Waals surface area contributed by atoms with Crippen LogP contribution in [0.25, 0.3) is 0 Å². The number of ketones is 18. The van der Waals surface area contributed by atoms with Crippen molar-refractivity contribution in [3.05, 3.63) is 0 Å². The third-order valence-electron chi connectivity index (χ3n) is 18.8. The Morgan fingerprint density at radius 2 is 0.365 bits per heavy atom. The third-order valence-corrected chi connectivity index (χ3v) is 18.8. The smallest absolute Gasteiger partial charge is 0.299 e. The summed E-state index contributed by atoms with van der Waals surface area (Å²) in [5.74, 6) is -9.32. The lowest BCUT2D eigenvalue weighted by atomic mass is 9.84. The number of Topliss-reactive ketones (excluding diaryl/α,β-unsaturated/α-hetero) is 18. The Labute approximate surface area is 744 Å². The predicted octanol–water partition coefficient (Wildman–Crippen LogP) is 24.5. The van der Waals surface area contributed by atoms with Crippen molar-refractivity contribution in [3.63, 3.8) is 0 Å². The first-order valence-corrected chi connectivity index (χ1v) is 42.7. The average molecular weight is 1840 g/mol. The Balaban J connectivity index is -0.000000175. The Morgan fingerprint density at radius 1 is 0.206 bits per heavy atom. The predicted molar refractivity (Wildman–Crippen MR) is 465 cm³/mol. The van der Waals surface area contributed by atoms with Crippen molar-refractivity contribution >= 4 is 104 Å². The monoisotopic (exact) mass is 1840 g/mol. The van der Waals surface area contributed by atoms with E-state index in [1.165, 1.54) is 69.2 Å². The third kappa shape index (κ3) is 73.0. The van der Waals surface area contributed by atoms with Crippen molar-refractivity contribution in [2.75, 3.05) is 0 Å². The fourth-order valence-electron chi connectivity index (χ4n) is 8.53. The van der Waals surface area contributed by atoms with E-state index in [0.717, 1.165) is 25.7 Å². The topological polar surface area (TPSA) is 307 Å². The van der Waals surface area contributed by atoms with Crippen LogP contribution in [0.3, 0.4) is 0 Å². The van der Waals surface area contributed by atoms with E-state index in [0.29, 0.717) is 12.3 Å². The van der Waals surface area contributed by atoms with Gasteiger partial charge in [-0.2, -0.15) is 52.7 Å². The maximum Gasteiger partial charge on any atom is 0.450 e. The molecule has 0 aromatic carbocycles. The van der Waals surface area contributed by atoms with Gasteiger partial charge in [-0.3, -0.25) is 86.3 Å². The van der Waals surface area contributed by atoms with E-state index in [4.69, 9.17) is 0 Å². The highest BCUT2D eigenvalue weighted by molar-refractivity contribution is 6.07. The van der Waals surface area contributed by atoms with Gasteiger partial charge in [0.1, 0.15) is 86.7 Å². The van der Waals surface area contributed by atoms with Crippen molar-refractivity contribution in [3.8, 4) is 0 Å². The van der Waals surface area contributed by atoms with Crippen LogP contribution in [0.4, 0.5) is 57.1 Å². The summed E-state index contributed by atoms with van der Waals surface area (Å²) in [5, 5.41) is 0. The molecule has 0 heterocycles. The van der Waals surface area contributed by atoms with Crippen molar-refractivity contribution in [1.29, 1.82) is 0 Å². The van der Waals surface area contributed by atoms with E-state index in [2.05, 4.69) is 0 Å². The van der Waals surface area contributed by atoms with Gasteiger partial charge in [-0.05, 0) is 58.3 Å².